The molecule has 0 heterocycles. The predicted molar refractivity (Wildman–Crippen MR) is 44.7 cm³/mol. The van der Waals surface area contributed by atoms with Crippen LogP contribution in [0.25, 0.3) is 0 Å². The summed E-state index contributed by atoms with van der Waals surface area (Å²) in [5.74, 6) is -3.82. The third kappa shape index (κ3) is 6.59. The second-order valence-corrected chi connectivity index (χ2v) is 2.30. The highest BCUT2D eigenvalue weighted by Gasteiger charge is 2.03. The second-order valence-electron chi connectivity index (χ2n) is 2.30. The molecule has 0 aliphatic heterocycles. The van der Waals surface area contributed by atoms with Crippen molar-refractivity contribution in [1.29, 1.82) is 0 Å². The molecule has 0 spiro atoms. The zero-order valence-corrected chi connectivity index (χ0v) is 7.01. The van der Waals surface area contributed by atoms with Crippen molar-refractivity contribution in [2.75, 3.05) is 0 Å². The Balaban J connectivity index is 4.64. The molecule has 6 heteroatoms. The van der Waals surface area contributed by atoms with Gasteiger partial charge in [0.05, 0.1) is 6.42 Å². The van der Waals surface area contributed by atoms with E-state index < -0.39 is 24.3 Å². The minimum atomic E-state index is -1.32. The summed E-state index contributed by atoms with van der Waals surface area (Å²) in [7, 11) is 0. The van der Waals surface area contributed by atoms with Gasteiger partial charge in [-0.2, -0.15) is 0 Å². The van der Waals surface area contributed by atoms with Crippen molar-refractivity contribution in [2.45, 2.75) is 6.42 Å². The molecule has 76 valence electrons. The van der Waals surface area contributed by atoms with E-state index in [4.69, 9.17) is 15.3 Å². The topological polar surface area (TPSA) is 112 Å². The van der Waals surface area contributed by atoms with Crippen LogP contribution in [0.4, 0.5) is 0 Å². The molecule has 14 heavy (non-hydrogen) atoms. The molecule has 0 saturated heterocycles. The zero-order chi connectivity index (χ0) is 11.1. The van der Waals surface area contributed by atoms with Gasteiger partial charge in [-0.15, -0.1) is 0 Å². The maximum Gasteiger partial charge on any atom is 0.328 e. The fourth-order valence-corrected chi connectivity index (χ4v) is 0.670. The minimum Gasteiger partial charge on any atom is -0.481 e. The van der Waals surface area contributed by atoms with E-state index in [1.54, 1.807) is 0 Å². The SMILES string of the molecule is O=C(O)C=CC(=CC(=O)O)CC(=O)O. The average Bonchev–Trinajstić information content (AvgIpc) is 1.97. The van der Waals surface area contributed by atoms with Gasteiger partial charge in [-0.1, -0.05) is 6.08 Å². The van der Waals surface area contributed by atoms with Crippen LogP contribution in [0.15, 0.2) is 23.8 Å². The number of carbonyl (C=O) groups is 3. The highest BCUT2D eigenvalue weighted by molar-refractivity contribution is 5.85. The fourth-order valence-electron chi connectivity index (χ4n) is 0.670. The van der Waals surface area contributed by atoms with Crippen LogP contribution < -0.4 is 0 Å². The first-order chi connectivity index (χ1) is 6.41. The Bertz CT molecular complexity index is 312. The van der Waals surface area contributed by atoms with E-state index in [9.17, 15) is 14.4 Å². The Labute approximate surface area is 78.8 Å². The summed E-state index contributed by atoms with van der Waals surface area (Å²) >= 11 is 0. The Hall–Kier alpha value is -2.11. The van der Waals surface area contributed by atoms with Crippen LogP contribution in [0.2, 0.25) is 0 Å². The van der Waals surface area contributed by atoms with E-state index in [2.05, 4.69) is 0 Å². The van der Waals surface area contributed by atoms with E-state index in [1.165, 1.54) is 0 Å². The van der Waals surface area contributed by atoms with Gasteiger partial charge in [0.1, 0.15) is 0 Å². The zero-order valence-electron chi connectivity index (χ0n) is 7.01. The lowest BCUT2D eigenvalue weighted by atomic mass is 10.1. The molecule has 0 bridgehead atoms. The van der Waals surface area contributed by atoms with Gasteiger partial charge in [-0.05, 0) is 5.57 Å². The van der Waals surface area contributed by atoms with Crippen molar-refractivity contribution in [3.63, 3.8) is 0 Å². The van der Waals surface area contributed by atoms with Crippen LogP contribution in [0.3, 0.4) is 0 Å². The van der Waals surface area contributed by atoms with E-state index in [0.29, 0.717) is 12.2 Å². The lowest BCUT2D eigenvalue weighted by Gasteiger charge is -1.94. The van der Waals surface area contributed by atoms with E-state index in [0.717, 1.165) is 6.08 Å². The van der Waals surface area contributed by atoms with Crippen molar-refractivity contribution in [1.82, 2.24) is 0 Å². The smallest absolute Gasteiger partial charge is 0.328 e. The molecule has 0 saturated carbocycles. The quantitative estimate of drug-likeness (QED) is 0.429. The van der Waals surface area contributed by atoms with Crippen LogP contribution in [-0.2, 0) is 14.4 Å². The van der Waals surface area contributed by atoms with Gasteiger partial charge < -0.3 is 15.3 Å². The number of hydrogen-bond acceptors (Lipinski definition) is 3. The molecule has 0 aromatic heterocycles. The average molecular weight is 200 g/mol. The molecule has 0 unspecified atom stereocenters. The molecule has 0 aliphatic rings. The van der Waals surface area contributed by atoms with Crippen LogP contribution in [0.1, 0.15) is 6.42 Å². The van der Waals surface area contributed by atoms with Gasteiger partial charge in [0, 0.05) is 12.2 Å². The van der Waals surface area contributed by atoms with E-state index >= 15 is 0 Å². The summed E-state index contributed by atoms with van der Waals surface area (Å²) in [6, 6.07) is 0. The number of carboxylic acid groups (broad SMARTS) is 3. The molecular formula is C8H8O6. The third-order valence-electron chi connectivity index (χ3n) is 1.10. The monoisotopic (exact) mass is 200 g/mol. The van der Waals surface area contributed by atoms with E-state index in [-0.39, 0.29) is 5.57 Å². The maximum absolute atomic E-state index is 10.2. The van der Waals surface area contributed by atoms with Crippen LogP contribution in [0, 0.1) is 0 Å². The summed E-state index contributed by atoms with van der Waals surface area (Å²) < 4.78 is 0. The Kier molecular flexibility index (Phi) is 4.69. The molecular weight excluding hydrogens is 192 g/mol. The van der Waals surface area contributed by atoms with Crippen molar-refractivity contribution in [2.24, 2.45) is 0 Å². The standard InChI is InChI=1S/C8H8O6/c9-6(10)2-1-5(3-7(11)12)4-8(13)14/h1-3H,4H2,(H,9,10)(H,11,12)(H,13,14). The molecule has 3 N–H and O–H groups in total. The fraction of sp³-hybridized carbons (Fsp3) is 0.125. The predicted octanol–water partition coefficient (Wildman–Crippen LogP) is 0.113. The highest BCUT2D eigenvalue weighted by atomic mass is 16.4. The lowest BCUT2D eigenvalue weighted by molar-refractivity contribution is -0.136. The summed E-state index contributed by atoms with van der Waals surface area (Å²) in [4.78, 5) is 30.5. The first-order valence-electron chi connectivity index (χ1n) is 3.48. The first-order valence-corrected chi connectivity index (χ1v) is 3.48. The van der Waals surface area contributed by atoms with Crippen LogP contribution in [0.5, 0.6) is 0 Å². The number of rotatable bonds is 5. The number of carboxylic acids is 3. The van der Waals surface area contributed by atoms with Crippen molar-refractivity contribution in [3.05, 3.63) is 23.8 Å². The largest absolute Gasteiger partial charge is 0.481 e. The van der Waals surface area contributed by atoms with Crippen molar-refractivity contribution in [3.8, 4) is 0 Å². The van der Waals surface area contributed by atoms with Gasteiger partial charge >= 0.3 is 17.9 Å². The maximum atomic E-state index is 10.2. The first kappa shape index (κ1) is 11.9. The van der Waals surface area contributed by atoms with Crippen molar-refractivity contribution >= 4 is 17.9 Å². The molecule has 0 aromatic rings. The molecule has 0 atom stereocenters. The summed E-state index contributed by atoms with van der Waals surface area (Å²) in [5.41, 5.74) is -0.0904. The number of hydrogen-bond donors (Lipinski definition) is 3. The lowest BCUT2D eigenvalue weighted by Crippen LogP contribution is -1.99. The molecule has 0 aliphatic carbocycles. The summed E-state index contributed by atoms with van der Waals surface area (Å²) in [5, 5.41) is 24.9. The van der Waals surface area contributed by atoms with Crippen LogP contribution >= 0.6 is 0 Å². The highest BCUT2D eigenvalue weighted by Crippen LogP contribution is 2.03. The minimum absolute atomic E-state index is 0.0904. The normalized spacial score (nSPS) is 11.6. The molecule has 0 amide bonds. The van der Waals surface area contributed by atoms with Crippen LogP contribution in [-0.4, -0.2) is 33.2 Å². The number of aliphatic carboxylic acids is 3. The number of allylic oxidation sites excluding steroid dienone is 1. The van der Waals surface area contributed by atoms with Gasteiger partial charge in [0.2, 0.25) is 0 Å². The molecule has 0 aromatic carbocycles. The second kappa shape index (κ2) is 5.52. The molecule has 0 rings (SSSR count). The Morgan fingerprint density at radius 2 is 1.50 bits per heavy atom. The van der Waals surface area contributed by atoms with Gasteiger partial charge in [0.25, 0.3) is 0 Å². The van der Waals surface area contributed by atoms with Gasteiger partial charge in [-0.25, -0.2) is 9.59 Å². The van der Waals surface area contributed by atoms with Gasteiger partial charge in [-0.3, -0.25) is 4.79 Å². The molecule has 0 radical (unpaired) electrons. The summed E-state index contributed by atoms with van der Waals surface area (Å²) in [6.07, 6.45) is 1.73. The van der Waals surface area contributed by atoms with E-state index in [1.807, 2.05) is 0 Å². The van der Waals surface area contributed by atoms with Gasteiger partial charge in [0.15, 0.2) is 0 Å². The van der Waals surface area contributed by atoms with Crippen molar-refractivity contribution < 1.29 is 29.7 Å². The third-order valence-corrected chi connectivity index (χ3v) is 1.10. The Morgan fingerprint density at radius 3 is 1.86 bits per heavy atom. The summed E-state index contributed by atoms with van der Waals surface area (Å²) in [6.45, 7) is 0. The molecule has 0 fully saturated rings. The Morgan fingerprint density at radius 1 is 0.929 bits per heavy atom. The molecule has 6 nitrogen and oxygen atoms in total.